The molecule has 1 aromatic rings. The van der Waals surface area contributed by atoms with E-state index in [1.54, 1.807) is 0 Å². The minimum absolute atomic E-state index is 0.256. The van der Waals surface area contributed by atoms with Crippen LogP contribution in [-0.2, 0) is 4.74 Å². The highest BCUT2D eigenvalue weighted by Crippen LogP contribution is 2.48. The molecule has 0 heterocycles. The molecule has 1 N–H and O–H groups in total. The van der Waals surface area contributed by atoms with Crippen molar-refractivity contribution in [3.05, 3.63) is 34.6 Å². The van der Waals surface area contributed by atoms with Crippen molar-refractivity contribution in [2.45, 2.75) is 58.2 Å². The minimum Gasteiger partial charge on any atom is -0.385 e. The summed E-state index contributed by atoms with van der Waals surface area (Å²) in [5.41, 5.74) is 0.0122. The predicted octanol–water partition coefficient (Wildman–Crippen LogP) is 4.89. The van der Waals surface area contributed by atoms with Crippen molar-refractivity contribution in [2.75, 3.05) is 6.61 Å². The first-order valence-corrected chi connectivity index (χ1v) is 7.94. The number of aliphatic hydroxyl groups is 1. The Labute approximate surface area is 131 Å². The molecule has 1 aliphatic rings. The van der Waals surface area contributed by atoms with E-state index in [0.29, 0.717) is 17.2 Å². The van der Waals surface area contributed by atoms with Crippen LogP contribution in [-0.4, -0.2) is 17.3 Å². The van der Waals surface area contributed by atoms with E-state index >= 15 is 0 Å². The average molecular weight is 315 g/mol. The van der Waals surface area contributed by atoms with E-state index in [2.05, 4.69) is 13.8 Å². The molecule has 0 radical (unpaired) electrons. The molecule has 2 rings (SSSR count). The summed E-state index contributed by atoms with van der Waals surface area (Å²) in [5, 5.41) is 11.2. The van der Waals surface area contributed by atoms with Gasteiger partial charge < -0.3 is 9.84 Å². The number of halogens is 2. The fraction of sp³-hybridized carbons (Fsp3) is 0.647. The van der Waals surface area contributed by atoms with Crippen LogP contribution in [0.15, 0.2) is 18.2 Å². The number of hydrogen-bond acceptors (Lipinski definition) is 2. The Morgan fingerprint density at radius 2 is 1.90 bits per heavy atom. The van der Waals surface area contributed by atoms with Gasteiger partial charge in [-0.15, -0.1) is 0 Å². The topological polar surface area (TPSA) is 29.5 Å². The molecule has 1 saturated carbocycles. The molecule has 0 bridgehead atoms. The Morgan fingerprint density at radius 1 is 1.29 bits per heavy atom. The first-order valence-electron chi connectivity index (χ1n) is 7.57. The lowest BCUT2D eigenvalue weighted by molar-refractivity contribution is -0.153. The van der Waals surface area contributed by atoms with Crippen molar-refractivity contribution in [1.82, 2.24) is 0 Å². The zero-order valence-corrected chi connectivity index (χ0v) is 13.7. The third-order valence-corrected chi connectivity index (χ3v) is 4.98. The molecule has 0 aromatic heterocycles. The molecule has 2 nitrogen and oxygen atoms in total. The molecule has 118 valence electrons. The van der Waals surface area contributed by atoms with Crippen molar-refractivity contribution < 1.29 is 14.2 Å². The normalized spacial score (nSPS) is 22.0. The number of hydrogen-bond donors (Lipinski definition) is 1. The van der Waals surface area contributed by atoms with E-state index in [4.69, 9.17) is 16.3 Å². The lowest BCUT2D eigenvalue weighted by Gasteiger charge is -2.46. The predicted molar refractivity (Wildman–Crippen MR) is 83.0 cm³/mol. The highest BCUT2D eigenvalue weighted by atomic mass is 35.5. The van der Waals surface area contributed by atoms with Crippen LogP contribution in [0.5, 0.6) is 0 Å². The standard InChI is InChI=1S/C17H24ClFO2/c1-4-21-17(9-7-16(2,3)8-10-17)15(20)13-11-12(19)5-6-14(13)18/h5-6,11,15,20H,4,7-10H2,1-3H3. The molecule has 1 fully saturated rings. The molecule has 0 saturated heterocycles. The SMILES string of the molecule is CCOC1(C(O)c2cc(F)ccc2Cl)CCC(C)(C)CC1. The Hall–Kier alpha value is -0.640. The van der Waals surface area contributed by atoms with Gasteiger partial charge in [0.05, 0.1) is 5.60 Å². The highest BCUT2D eigenvalue weighted by Gasteiger charge is 2.45. The molecular formula is C17H24ClFO2. The monoisotopic (exact) mass is 314 g/mol. The summed E-state index contributed by atoms with van der Waals surface area (Å²) in [6.45, 7) is 6.89. The van der Waals surface area contributed by atoms with E-state index < -0.39 is 17.5 Å². The van der Waals surface area contributed by atoms with Crippen molar-refractivity contribution in [3.8, 4) is 0 Å². The van der Waals surface area contributed by atoms with Gasteiger partial charge in [-0.25, -0.2) is 4.39 Å². The second-order valence-electron chi connectivity index (χ2n) is 6.73. The van der Waals surface area contributed by atoms with Gasteiger partial charge in [-0.05, 0) is 56.2 Å². The molecule has 1 aromatic carbocycles. The molecule has 4 heteroatoms. The number of benzene rings is 1. The first kappa shape index (κ1) is 16.7. The second kappa shape index (κ2) is 6.23. The van der Waals surface area contributed by atoms with E-state index in [-0.39, 0.29) is 5.41 Å². The number of aliphatic hydroxyl groups excluding tert-OH is 1. The van der Waals surface area contributed by atoms with Gasteiger partial charge in [-0.1, -0.05) is 25.4 Å². The van der Waals surface area contributed by atoms with Crippen molar-refractivity contribution in [1.29, 1.82) is 0 Å². The summed E-state index contributed by atoms with van der Waals surface area (Å²) < 4.78 is 19.4. The zero-order chi connectivity index (χ0) is 15.7. The fourth-order valence-electron chi connectivity index (χ4n) is 3.14. The van der Waals surface area contributed by atoms with Gasteiger partial charge in [0.15, 0.2) is 0 Å². The Bertz CT molecular complexity index is 492. The molecule has 0 amide bonds. The van der Waals surface area contributed by atoms with Crippen LogP contribution in [0.4, 0.5) is 4.39 Å². The zero-order valence-electron chi connectivity index (χ0n) is 13.0. The summed E-state index contributed by atoms with van der Waals surface area (Å²) in [5.74, 6) is -0.392. The van der Waals surface area contributed by atoms with Gasteiger partial charge in [0.2, 0.25) is 0 Å². The van der Waals surface area contributed by atoms with Gasteiger partial charge in [0, 0.05) is 17.2 Å². The van der Waals surface area contributed by atoms with Crippen molar-refractivity contribution in [3.63, 3.8) is 0 Å². The van der Waals surface area contributed by atoms with Gasteiger partial charge in [-0.3, -0.25) is 0 Å². The van der Waals surface area contributed by atoms with Gasteiger partial charge >= 0.3 is 0 Å². The van der Waals surface area contributed by atoms with Gasteiger partial charge in [0.25, 0.3) is 0 Å². The van der Waals surface area contributed by atoms with E-state index in [1.165, 1.54) is 18.2 Å². The van der Waals surface area contributed by atoms with Gasteiger partial charge in [-0.2, -0.15) is 0 Å². The smallest absolute Gasteiger partial charge is 0.123 e. The molecular weight excluding hydrogens is 291 g/mol. The lowest BCUT2D eigenvalue weighted by Crippen LogP contribution is -2.44. The van der Waals surface area contributed by atoms with Crippen LogP contribution in [0.25, 0.3) is 0 Å². The molecule has 0 aliphatic heterocycles. The largest absolute Gasteiger partial charge is 0.385 e. The van der Waals surface area contributed by atoms with Crippen LogP contribution in [0, 0.1) is 11.2 Å². The minimum atomic E-state index is -0.906. The van der Waals surface area contributed by atoms with Gasteiger partial charge in [0.1, 0.15) is 11.9 Å². The van der Waals surface area contributed by atoms with Crippen molar-refractivity contribution >= 4 is 11.6 Å². The Morgan fingerprint density at radius 3 is 2.48 bits per heavy atom. The molecule has 1 aliphatic carbocycles. The molecule has 1 unspecified atom stereocenters. The third-order valence-electron chi connectivity index (χ3n) is 4.63. The number of rotatable bonds is 4. The van der Waals surface area contributed by atoms with Crippen LogP contribution < -0.4 is 0 Å². The van der Waals surface area contributed by atoms with E-state index in [0.717, 1.165) is 25.7 Å². The van der Waals surface area contributed by atoms with Crippen LogP contribution >= 0.6 is 11.6 Å². The molecule has 21 heavy (non-hydrogen) atoms. The Kier molecular flexibility index (Phi) is 4.96. The maximum atomic E-state index is 13.5. The summed E-state index contributed by atoms with van der Waals surface area (Å²) in [6, 6.07) is 4.10. The first-order chi connectivity index (χ1) is 9.80. The Balaban J connectivity index is 2.31. The second-order valence-corrected chi connectivity index (χ2v) is 7.14. The maximum Gasteiger partial charge on any atom is 0.123 e. The average Bonchev–Trinajstić information content (AvgIpc) is 2.44. The summed E-state index contributed by atoms with van der Waals surface area (Å²) in [7, 11) is 0. The van der Waals surface area contributed by atoms with Crippen molar-refractivity contribution in [2.24, 2.45) is 5.41 Å². The van der Waals surface area contributed by atoms with E-state index in [9.17, 15) is 9.50 Å². The van der Waals surface area contributed by atoms with Crippen LogP contribution in [0.1, 0.15) is 58.1 Å². The molecule has 0 spiro atoms. The highest BCUT2D eigenvalue weighted by molar-refractivity contribution is 6.31. The summed E-state index contributed by atoms with van der Waals surface area (Å²) in [6.07, 6.45) is 2.54. The van der Waals surface area contributed by atoms with Crippen LogP contribution in [0.2, 0.25) is 5.02 Å². The quantitative estimate of drug-likeness (QED) is 0.857. The van der Waals surface area contributed by atoms with E-state index in [1.807, 2.05) is 6.92 Å². The maximum absolute atomic E-state index is 13.5. The summed E-state index contributed by atoms with van der Waals surface area (Å²) in [4.78, 5) is 0. The summed E-state index contributed by atoms with van der Waals surface area (Å²) >= 11 is 6.15. The van der Waals surface area contributed by atoms with Crippen LogP contribution in [0.3, 0.4) is 0 Å². The number of ether oxygens (including phenoxy) is 1. The third kappa shape index (κ3) is 3.58. The molecule has 1 atom stereocenters. The lowest BCUT2D eigenvalue weighted by atomic mass is 9.68. The fourth-order valence-corrected chi connectivity index (χ4v) is 3.36.